The van der Waals surface area contributed by atoms with Crippen LogP contribution in [0.15, 0.2) is 0 Å². The number of hydrogen-bond donors (Lipinski definition) is 1. The van der Waals surface area contributed by atoms with Gasteiger partial charge in [0.05, 0.1) is 0 Å². The maximum atomic E-state index is 12.9. The molecule has 2 N–H and O–H groups in total. The zero-order chi connectivity index (χ0) is 16.3. The largest absolute Gasteiger partial charge is 0.369 e. The molecule has 0 aromatic carbocycles. The molecule has 0 spiro atoms. The zero-order valence-electron chi connectivity index (χ0n) is 14.6. The number of amides is 1. The van der Waals surface area contributed by atoms with Crippen LogP contribution in [-0.4, -0.2) is 11.7 Å². The van der Waals surface area contributed by atoms with Crippen LogP contribution in [0.5, 0.6) is 0 Å². The lowest BCUT2D eigenvalue weighted by Gasteiger charge is -2.30. The molecule has 2 aliphatic carbocycles. The van der Waals surface area contributed by atoms with E-state index in [1.807, 2.05) is 20.8 Å². The number of hydrogen-bond acceptors (Lipinski definition) is 2. The van der Waals surface area contributed by atoms with Gasteiger partial charge in [-0.2, -0.15) is 0 Å². The van der Waals surface area contributed by atoms with E-state index >= 15 is 0 Å². The summed E-state index contributed by atoms with van der Waals surface area (Å²) in [6.07, 6.45) is 10.4. The van der Waals surface area contributed by atoms with Gasteiger partial charge in [0.25, 0.3) is 0 Å². The molecule has 2 rings (SSSR count). The smallest absolute Gasteiger partial charge is 0.221 e. The Morgan fingerprint density at radius 2 is 1.59 bits per heavy atom. The van der Waals surface area contributed by atoms with Crippen molar-refractivity contribution in [1.29, 1.82) is 0 Å². The average molecular weight is 307 g/mol. The second kappa shape index (κ2) is 7.14. The molecule has 0 aliphatic heterocycles. The number of ketones is 1. The van der Waals surface area contributed by atoms with E-state index in [0.717, 1.165) is 25.2 Å². The second-order valence-corrected chi connectivity index (χ2v) is 8.64. The first kappa shape index (κ1) is 17.5. The summed E-state index contributed by atoms with van der Waals surface area (Å²) in [4.78, 5) is 24.9. The molecule has 0 saturated heterocycles. The Bertz CT molecular complexity index is 400. The van der Waals surface area contributed by atoms with Crippen molar-refractivity contribution in [3.63, 3.8) is 0 Å². The van der Waals surface area contributed by atoms with E-state index in [9.17, 15) is 9.59 Å². The van der Waals surface area contributed by atoms with Crippen LogP contribution in [0, 0.1) is 29.1 Å². The fourth-order valence-electron chi connectivity index (χ4n) is 3.98. The van der Waals surface area contributed by atoms with Gasteiger partial charge in [0.1, 0.15) is 5.78 Å². The minimum atomic E-state index is -0.388. The maximum Gasteiger partial charge on any atom is 0.221 e. The molecule has 3 nitrogen and oxygen atoms in total. The van der Waals surface area contributed by atoms with Crippen LogP contribution >= 0.6 is 0 Å². The average Bonchev–Trinajstić information content (AvgIpc) is 3.08. The van der Waals surface area contributed by atoms with E-state index in [1.165, 1.54) is 38.5 Å². The van der Waals surface area contributed by atoms with Crippen molar-refractivity contribution < 1.29 is 9.59 Å². The van der Waals surface area contributed by atoms with Crippen molar-refractivity contribution in [3.05, 3.63) is 0 Å². The molecule has 0 unspecified atom stereocenters. The third kappa shape index (κ3) is 4.82. The Morgan fingerprint density at radius 1 is 1.00 bits per heavy atom. The number of Topliss-reactive ketones (excluding diaryl/α,β-unsaturated/α-hetero) is 1. The van der Waals surface area contributed by atoms with Gasteiger partial charge in [-0.05, 0) is 31.1 Å². The normalized spacial score (nSPS) is 22.5. The van der Waals surface area contributed by atoms with Crippen LogP contribution in [0.3, 0.4) is 0 Å². The Balaban J connectivity index is 2.04. The van der Waals surface area contributed by atoms with Gasteiger partial charge in [-0.25, -0.2) is 0 Å². The van der Waals surface area contributed by atoms with Crippen molar-refractivity contribution in [1.82, 2.24) is 0 Å². The molecule has 0 bridgehead atoms. The number of rotatable bonds is 8. The lowest BCUT2D eigenvalue weighted by atomic mass is 9.72. The van der Waals surface area contributed by atoms with E-state index < -0.39 is 0 Å². The summed E-state index contributed by atoms with van der Waals surface area (Å²) < 4.78 is 0. The van der Waals surface area contributed by atoms with Gasteiger partial charge in [0.2, 0.25) is 5.91 Å². The zero-order valence-corrected chi connectivity index (χ0v) is 14.6. The first-order chi connectivity index (χ1) is 10.3. The van der Waals surface area contributed by atoms with Gasteiger partial charge in [-0.15, -0.1) is 0 Å². The summed E-state index contributed by atoms with van der Waals surface area (Å²) in [5.74, 6) is 0.938. The van der Waals surface area contributed by atoms with Gasteiger partial charge < -0.3 is 5.73 Å². The molecule has 2 fully saturated rings. The van der Waals surface area contributed by atoms with E-state index in [-0.39, 0.29) is 28.9 Å². The van der Waals surface area contributed by atoms with Crippen molar-refractivity contribution in [2.45, 2.75) is 78.6 Å². The molecule has 0 aromatic rings. The molecule has 0 heterocycles. The molecule has 22 heavy (non-hydrogen) atoms. The topological polar surface area (TPSA) is 60.2 Å². The highest BCUT2D eigenvalue weighted by Gasteiger charge is 2.40. The van der Waals surface area contributed by atoms with Crippen molar-refractivity contribution in [2.75, 3.05) is 0 Å². The quantitative estimate of drug-likeness (QED) is 0.734. The summed E-state index contributed by atoms with van der Waals surface area (Å²) in [5.41, 5.74) is 5.32. The van der Waals surface area contributed by atoms with Crippen LogP contribution in [0.1, 0.15) is 78.6 Å². The van der Waals surface area contributed by atoms with Crippen molar-refractivity contribution in [2.24, 2.45) is 34.8 Å². The fraction of sp³-hybridized carbons (Fsp3) is 0.895. The first-order valence-electron chi connectivity index (χ1n) is 9.12. The van der Waals surface area contributed by atoms with E-state index in [1.54, 1.807) is 0 Å². The monoisotopic (exact) mass is 307 g/mol. The van der Waals surface area contributed by atoms with Crippen molar-refractivity contribution >= 4 is 11.7 Å². The Labute approximate surface area is 135 Å². The molecular weight excluding hydrogens is 274 g/mol. The van der Waals surface area contributed by atoms with E-state index in [0.29, 0.717) is 5.92 Å². The third-order valence-corrected chi connectivity index (χ3v) is 5.57. The molecule has 2 saturated carbocycles. The van der Waals surface area contributed by atoms with Crippen LogP contribution in [0.25, 0.3) is 0 Å². The summed E-state index contributed by atoms with van der Waals surface area (Å²) in [6, 6.07) is 0. The minimum Gasteiger partial charge on any atom is -0.369 e. The number of carbonyl (C=O) groups is 2. The van der Waals surface area contributed by atoms with Crippen molar-refractivity contribution in [3.8, 4) is 0 Å². The SMILES string of the molecule is CC(C)(C)C(=O)[C@H](CC1CC1)[C@H](CCC1CCCC1)C(N)=O. The lowest BCUT2D eigenvalue weighted by molar-refractivity contribution is -0.137. The standard InChI is InChI=1S/C19H33NO2/c1-19(2,3)17(21)16(12-14-8-9-14)15(18(20)22)11-10-13-6-4-5-7-13/h13-16H,4-12H2,1-3H3,(H2,20,22)/t15-,16+/m0/s1. The number of primary amides is 1. The highest BCUT2D eigenvalue weighted by atomic mass is 16.1. The molecule has 1 amide bonds. The number of carbonyl (C=O) groups excluding carboxylic acids is 2. The predicted molar refractivity (Wildman–Crippen MR) is 89.2 cm³/mol. The van der Waals surface area contributed by atoms with E-state index in [4.69, 9.17) is 5.73 Å². The Morgan fingerprint density at radius 3 is 2.05 bits per heavy atom. The second-order valence-electron chi connectivity index (χ2n) is 8.64. The first-order valence-corrected chi connectivity index (χ1v) is 9.12. The third-order valence-electron chi connectivity index (χ3n) is 5.57. The Kier molecular flexibility index (Phi) is 5.68. The van der Waals surface area contributed by atoms with Gasteiger partial charge >= 0.3 is 0 Å². The molecule has 0 radical (unpaired) electrons. The highest BCUT2D eigenvalue weighted by molar-refractivity contribution is 5.91. The molecule has 2 aliphatic rings. The summed E-state index contributed by atoms with van der Waals surface area (Å²) >= 11 is 0. The predicted octanol–water partition coefficient (Wildman–Crippen LogP) is 4.09. The molecule has 0 aromatic heterocycles. The Hall–Kier alpha value is -0.860. The van der Waals surface area contributed by atoms with Gasteiger partial charge in [-0.3, -0.25) is 9.59 Å². The molecule has 126 valence electrons. The summed E-state index contributed by atoms with van der Waals surface area (Å²) in [7, 11) is 0. The van der Waals surface area contributed by atoms with Crippen LogP contribution in [0.2, 0.25) is 0 Å². The van der Waals surface area contributed by atoms with Gasteiger partial charge in [-0.1, -0.05) is 59.3 Å². The van der Waals surface area contributed by atoms with Crippen LogP contribution in [-0.2, 0) is 9.59 Å². The highest BCUT2D eigenvalue weighted by Crippen LogP contribution is 2.41. The van der Waals surface area contributed by atoms with E-state index in [2.05, 4.69) is 0 Å². The maximum absolute atomic E-state index is 12.9. The molecule has 3 heteroatoms. The molecule has 2 atom stereocenters. The molecular formula is C19H33NO2. The van der Waals surface area contributed by atoms with Crippen LogP contribution < -0.4 is 5.73 Å². The minimum absolute atomic E-state index is 0.161. The van der Waals surface area contributed by atoms with Gasteiger partial charge in [0.15, 0.2) is 0 Å². The summed E-state index contributed by atoms with van der Waals surface area (Å²) in [5, 5.41) is 0. The number of nitrogens with two attached hydrogens (primary N) is 1. The van der Waals surface area contributed by atoms with Gasteiger partial charge in [0, 0.05) is 17.3 Å². The fourth-order valence-corrected chi connectivity index (χ4v) is 3.98. The van der Waals surface area contributed by atoms with Crippen LogP contribution in [0.4, 0.5) is 0 Å². The summed E-state index contributed by atoms with van der Waals surface area (Å²) in [6.45, 7) is 5.89. The lowest BCUT2D eigenvalue weighted by Crippen LogP contribution is -2.39.